The van der Waals surface area contributed by atoms with Gasteiger partial charge >= 0.3 is 0 Å². The smallest absolute Gasteiger partial charge is 0.236 e. The number of hydrogen-bond donors (Lipinski definition) is 1. The largest absolute Gasteiger partial charge is 0.543 e. The second kappa shape index (κ2) is 6.92. The van der Waals surface area contributed by atoms with Gasteiger partial charge in [0.1, 0.15) is 11.9 Å². The molecule has 2 aliphatic rings. The molecule has 8 heteroatoms. The average Bonchev–Trinajstić information content (AvgIpc) is 2.80. The highest BCUT2D eigenvalue weighted by molar-refractivity contribution is 8.22. The Morgan fingerprint density at radius 3 is 2.69 bits per heavy atom. The fourth-order valence-electron chi connectivity index (χ4n) is 3.17. The number of hydrogen-bond acceptors (Lipinski definition) is 6. The van der Waals surface area contributed by atoms with Crippen molar-refractivity contribution in [3.63, 3.8) is 0 Å². The molecular weight excluding hydrogens is 372 g/mol. The summed E-state index contributed by atoms with van der Waals surface area (Å²) in [5.41, 5.74) is 1.08. The Balaban J connectivity index is 1.85. The van der Waals surface area contributed by atoms with E-state index in [0.29, 0.717) is 4.24 Å². The minimum absolute atomic E-state index is 0.0797. The number of carboxylic acid groups (broad SMARTS) is 1. The Morgan fingerprint density at radius 1 is 1.42 bits per heavy atom. The third-order valence-electron chi connectivity index (χ3n) is 4.23. The number of nitrogens with zero attached hydrogens (tertiary/aromatic N) is 2. The van der Waals surface area contributed by atoms with Crippen LogP contribution in [0, 0.1) is 5.92 Å². The number of amides is 1. The molecule has 1 aromatic rings. The van der Waals surface area contributed by atoms with Crippen LogP contribution in [-0.2, 0) is 16.1 Å². The molecule has 26 heavy (non-hydrogen) atoms. The maximum Gasteiger partial charge on any atom is 0.236 e. The first-order valence-electron chi connectivity index (χ1n) is 8.29. The Morgan fingerprint density at radius 2 is 2.12 bits per heavy atom. The van der Waals surface area contributed by atoms with Gasteiger partial charge in [-0.2, -0.15) is 0 Å². The molecule has 1 amide bonds. The van der Waals surface area contributed by atoms with Gasteiger partial charge in [0.2, 0.25) is 5.91 Å². The van der Waals surface area contributed by atoms with Gasteiger partial charge in [-0.05, 0) is 19.1 Å². The maximum absolute atomic E-state index is 12.2. The summed E-state index contributed by atoms with van der Waals surface area (Å²) in [7, 11) is 6.32. The first-order chi connectivity index (χ1) is 12.1. The highest BCUT2D eigenvalue weighted by Crippen LogP contribution is 2.54. The predicted octanol–water partition coefficient (Wildman–Crippen LogP) is 0.816. The lowest BCUT2D eigenvalue weighted by Gasteiger charge is -2.44. The van der Waals surface area contributed by atoms with E-state index in [0.717, 1.165) is 21.5 Å². The normalized spacial score (nSPS) is 23.7. The first kappa shape index (κ1) is 19.3. The summed E-state index contributed by atoms with van der Waals surface area (Å²) < 4.78 is 1.32. The molecule has 0 aliphatic carbocycles. The van der Waals surface area contributed by atoms with E-state index in [9.17, 15) is 19.8 Å². The molecule has 140 valence electrons. The number of fused-ring (bicyclic) bond motifs is 1. The molecule has 2 aliphatic heterocycles. The van der Waals surface area contributed by atoms with Gasteiger partial charge in [0.15, 0.2) is 0 Å². The van der Waals surface area contributed by atoms with E-state index in [4.69, 9.17) is 0 Å². The van der Waals surface area contributed by atoms with Crippen molar-refractivity contribution in [2.75, 3.05) is 21.1 Å². The van der Waals surface area contributed by atoms with Gasteiger partial charge in [0.05, 0.1) is 49.1 Å². The molecule has 0 radical (unpaired) electrons. The molecule has 0 bridgehead atoms. The molecule has 1 saturated heterocycles. The zero-order valence-corrected chi connectivity index (χ0v) is 16.8. The van der Waals surface area contributed by atoms with Gasteiger partial charge in [-0.3, -0.25) is 9.69 Å². The first-order valence-corrected chi connectivity index (χ1v) is 9.99. The lowest BCUT2D eigenvalue weighted by Crippen LogP contribution is -2.61. The monoisotopic (exact) mass is 394 g/mol. The molecule has 0 aromatic heterocycles. The van der Waals surface area contributed by atoms with E-state index >= 15 is 0 Å². The predicted molar refractivity (Wildman–Crippen MR) is 99.5 cm³/mol. The second-order valence-corrected chi connectivity index (χ2v) is 10.1. The van der Waals surface area contributed by atoms with Crippen LogP contribution in [0.1, 0.15) is 12.5 Å². The molecule has 0 unspecified atom stereocenters. The summed E-state index contributed by atoms with van der Waals surface area (Å²) >= 11 is 2.64. The van der Waals surface area contributed by atoms with Crippen LogP contribution in [0.25, 0.3) is 0 Å². The lowest BCUT2D eigenvalue weighted by atomic mass is 9.92. The quantitative estimate of drug-likeness (QED) is 0.568. The summed E-state index contributed by atoms with van der Waals surface area (Å²) in [4.78, 5) is 26.0. The minimum atomic E-state index is -1.36. The number of β-lactam (4-membered cyclic amide) rings is 1. The van der Waals surface area contributed by atoms with Gasteiger partial charge < -0.3 is 19.5 Å². The van der Waals surface area contributed by atoms with Crippen molar-refractivity contribution in [2.45, 2.75) is 29.8 Å². The molecule has 0 spiro atoms. The standard InChI is InChI=1S/C18H22N2O4S2/c1-10(21)13-15(22)19-14(17(23)24)18(26-16(13)19)25-12-7-5-6-11(8-12)9-20(2,3)4/h5-8,10,13,16,21H,9H2,1-4H3/t10-,13+,16-/m1/s1. The molecule has 1 fully saturated rings. The van der Waals surface area contributed by atoms with Crippen molar-refractivity contribution < 1.29 is 24.3 Å². The van der Waals surface area contributed by atoms with E-state index in [-0.39, 0.29) is 17.0 Å². The van der Waals surface area contributed by atoms with Gasteiger partial charge in [-0.15, -0.1) is 0 Å². The summed E-state index contributed by atoms with van der Waals surface area (Å²) in [6.07, 6.45) is -0.809. The molecule has 3 atom stereocenters. The van der Waals surface area contributed by atoms with Crippen molar-refractivity contribution in [1.29, 1.82) is 0 Å². The van der Waals surface area contributed by atoms with Crippen LogP contribution in [0.15, 0.2) is 39.1 Å². The Hall–Kier alpha value is -1.48. The van der Waals surface area contributed by atoms with Crippen molar-refractivity contribution in [3.8, 4) is 0 Å². The molecule has 1 N–H and O–H groups in total. The van der Waals surface area contributed by atoms with E-state index in [2.05, 4.69) is 21.1 Å². The van der Waals surface area contributed by atoms with Gasteiger partial charge in [0.25, 0.3) is 0 Å². The highest BCUT2D eigenvalue weighted by atomic mass is 32.2. The molecule has 0 saturated carbocycles. The number of carbonyl (C=O) groups is 2. The summed E-state index contributed by atoms with van der Waals surface area (Å²) in [6, 6.07) is 7.96. The van der Waals surface area contributed by atoms with Crippen LogP contribution in [0.5, 0.6) is 0 Å². The summed E-state index contributed by atoms with van der Waals surface area (Å²) in [5.74, 6) is -2.29. The topological polar surface area (TPSA) is 80.7 Å². The van der Waals surface area contributed by atoms with Gasteiger partial charge in [0, 0.05) is 10.5 Å². The van der Waals surface area contributed by atoms with Crippen molar-refractivity contribution in [1.82, 2.24) is 4.90 Å². The average molecular weight is 395 g/mol. The number of aliphatic hydroxyl groups excluding tert-OH is 1. The van der Waals surface area contributed by atoms with E-state index < -0.39 is 18.0 Å². The lowest BCUT2D eigenvalue weighted by molar-refractivity contribution is -0.884. The number of quaternary nitrogens is 1. The zero-order chi connectivity index (χ0) is 19.2. The van der Waals surface area contributed by atoms with Crippen LogP contribution < -0.4 is 5.11 Å². The van der Waals surface area contributed by atoms with Crippen LogP contribution >= 0.6 is 23.5 Å². The number of carbonyl (C=O) groups excluding carboxylic acids is 2. The number of thioether (sulfide) groups is 2. The van der Waals surface area contributed by atoms with Crippen molar-refractivity contribution in [2.24, 2.45) is 5.92 Å². The third kappa shape index (κ3) is 3.64. The van der Waals surface area contributed by atoms with E-state index in [1.807, 2.05) is 24.3 Å². The zero-order valence-electron chi connectivity index (χ0n) is 15.1. The van der Waals surface area contributed by atoms with Crippen LogP contribution in [0.3, 0.4) is 0 Å². The van der Waals surface area contributed by atoms with E-state index in [1.54, 1.807) is 6.92 Å². The molecule has 6 nitrogen and oxygen atoms in total. The Bertz CT molecular complexity index is 786. The van der Waals surface area contributed by atoms with Crippen molar-refractivity contribution >= 4 is 35.4 Å². The molecular formula is C18H22N2O4S2. The number of rotatable bonds is 6. The molecule has 1 aromatic carbocycles. The summed E-state index contributed by atoms with van der Waals surface area (Å²) in [6.45, 7) is 2.41. The Kier molecular flexibility index (Phi) is 5.13. The third-order valence-corrected chi connectivity index (χ3v) is 6.79. The second-order valence-electron chi connectivity index (χ2n) is 7.60. The van der Waals surface area contributed by atoms with Crippen molar-refractivity contribution in [3.05, 3.63) is 39.8 Å². The van der Waals surface area contributed by atoms with E-state index in [1.165, 1.54) is 28.4 Å². The maximum atomic E-state index is 12.2. The number of benzene rings is 1. The molecule has 2 heterocycles. The Labute approximate surface area is 161 Å². The highest BCUT2D eigenvalue weighted by Gasteiger charge is 2.56. The number of aliphatic hydroxyl groups is 1. The van der Waals surface area contributed by atoms with Gasteiger partial charge in [-0.1, -0.05) is 35.7 Å². The fraction of sp³-hybridized carbons (Fsp3) is 0.444. The van der Waals surface area contributed by atoms with Crippen LogP contribution in [-0.4, -0.2) is 59.0 Å². The van der Waals surface area contributed by atoms with Crippen LogP contribution in [0.4, 0.5) is 0 Å². The number of carboxylic acids is 1. The van der Waals surface area contributed by atoms with Gasteiger partial charge in [-0.25, -0.2) is 0 Å². The fourth-order valence-corrected chi connectivity index (χ4v) is 6.12. The van der Waals surface area contributed by atoms with Crippen LogP contribution in [0.2, 0.25) is 0 Å². The molecule has 3 rings (SSSR count). The SMILES string of the molecule is C[C@@H](O)[C@H]1C(=O)N2C(C(=O)[O-])=C(Sc3cccc(C[N+](C)(C)C)c3)S[C@H]12. The minimum Gasteiger partial charge on any atom is -0.543 e. The number of aliphatic carboxylic acids is 1. The summed E-state index contributed by atoms with van der Waals surface area (Å²) in [5, 5.41) is 21.0.